The molecule has 2 unspecified atom stereocenters. The van der Waals surface area contributed by atoms with Gasteiger partial charge in [0.25, 0.3) is 0 Å². The second-order valence-electron chi connectivity index (χ2n) is 4.38. The summed E-state index contributed by atoms with van der Waals surface area (Å²) in [7, 11) is -1.39. The Morgan fingerprint density at radius 3 is 2.41 bits per heavy atom. The van der Waals surface area contributed by atoms with E-state index in [2.05, 4.69) is 0 Å². The fraction of sp³-hybridized carbons (Fsp3) is 0.818. The van der Waals surface area contributed by atoms with Gasteiger partial charge in [-0.2, -0.15) is 0 Å². The Bertz CT molecular complexity index is 313. The van der Waals surface area contributed by atoms with E-state index in [0.29, 0.717) is 0 Å². The van der Waals surface area contributed by atoms with E-state index in [9.17, 15) is 13.8 Å². The second kappa shape index (κ2) is 6.74. The fourth-order valence-corrected chi connectivity index (χ4v) is 2.88. The van der Waals surface area contributed by atoms with Crippen LogP contribution in [0.5, 0.6) is 0 Å². The van der Waals surface area contributed by atoms with Gasteiger partial charge in [0.2, 0.25) is 5.91 Å². The molecule has 0 aromatic carbocycles. The van der Waals surface area contributed by atoms with Gasteiger partial charge in [0.05, 0.1) is 6.42 Å². The molecule has 1 heterocycles. The molecule has 17 heavy (non-hydrogen) atoms. The maximum Gasteiger partial charge on any atom is 0.304 e. The van der Waals surface area contributed by atoms with E-state index in [4.69, 9.17) is 5.11 Å². The highest BCUT2D eigenvalue weighted by Crippen LogP contribution is 2.10. The number of rotatable bonds is 5. The molecule has 1 saturated heterocycles. The molecule has 0 radical (unpaired) electrons. The highest BCUT2D eigenvalue weighted by atomic mass is 32.2. The summed E-state index contributed by atoms with van der Waals surface area (Å²) in [5, 5.41) is 8.11. The summed E-state index contributed by atoms with van der Waals surface area (Å²) >= 11 is 0. The molecule has 0 bridgehead atoms. The molecule has 0 aromatic heterocycles. The van der Waals surface area contributed by atoms with Gasteiger partial charge in [0.15, 0.2) is 0 Å². The largest absolute Gasteiger partial charge is 0.481 e. The van der Waals surface area contributed by atoms with Crippen LogP contribution in [0.25, 0.3) is 0 Å². The Kier molecular flexibility index (Phi) is 5.61. The predicted octanol–water partition coefficient (Wildman–Crippen LogP) is 0.611. The summed E-state index contributed by atoms with van der Waals surface area (Å²) in [5.74, 6) is -1.13. The van der Waals surface area contributed by atoms with Crippen molar-refractivity contribution in [3.63, 3.8) is 0 Å². The minimum absolute atomic E-state index is 0.0472. The molecule has 6 heteroatoms. The fourth-order valence-electron chi connectivity index (χ4n) is 1.84. The summed E-state index contributed by atoms with van der Waals surface area (Å²) in [6.45, 7) is 3.08. The first-order valence-electron chi connectivity index (χ1n) is 5.87. The zero-order valence-corrected chi connectivity index (χ0v) is 10.9. The molecular formula is C11H19NO4S. The molecule has 0 saturated carbocycles. The summed E-state index contributed by atoms with van der Waals surface area (Å²) in [5.41, 5.74) is 0. The molecule has 1 N–H and O–H groups in total. The van der Waals surface area contributed by atoms with Crippen LogP contribution in [0.1, 0.15) is 32.6 Å². The molecule has 2 atom stereocenters. The maximum atomic E-state index is 11.8. The van der Waals surface area contributed by atoms with Crippen molar-refractivity contribution in [3.8, 4) is 0 Å². The average molecular weight is 261 g/mol. The quantitative estimate of drug-likeness (QED) is 0.787. The van der Waals surface area contributed by atoms with Gasteiger partial charge in [-0.1, -0.05) is 6.92 Å². The van der Waals surface area contributed by atoms with Crippen LogP contribution in [-0.2, 0) is 20.4 Å². The van der Waals surface area contributed by atoms with Crippen molar-refractivity contribution in [1.82, 2.24) is 4.90 Å². The van der Waals surface area contributed by atoms with Crippen LogP contribution in [0.4, 0.5) is 0 Å². The first kappa shape index (κ1) is 14.2. The smallest absolute Gasteiger partial charge is 0.304 e. The first-order valence-corrected chi connectivity index (χ1v) is 7.25. The molecule has 0 aliphatic carbocycles. The minimum atomic E-state index is -1.39. The lowest BCUT2D eigenvalue weighted by Crippen LogP contribution is -2.39. The number of carbonyl (C=O) groups excluding carboxylic acids is 1. The van der Waals surface area contributed by atoms with E-state index >= 15 is 0 Å². The summed E-state index contributed by atoms with van der Waals surface area (Å²) in [4.78, 5) is 24.0. The van der Waals surface area contributed by atoms with Crippen molar-refractivity contribution >= 4 is 22.7 Å². The number of aliphatic carboxylic acids is 1. The van der Waals surface area contributed by atoms with E-state index in [-0.39, 0.29) is 18.1 Å². The standard InChI is InChI=1S/C11H19NO4S/c1-9(7-11(14)15)17(16)8-10(13)12-5-3-2-4-6-12/h9H,2-8H2,1H3,(H,14,15). The summed E-state index contributed by atoms with van der Waals surface area (Å²) < 4.78 is 11.7. The van der Waals surface area contributed by atoms with E-state index in [1.54, 1.807) is 11.8 Å². The normalized spacial score (nSPS) is 19.7. The molecule has 1 aliphatic rings. The van der Waals surface area contributed by atoms with Crippen LogP contribution in [0.2, 0.25) is 0 Å². The van der Waals surface area contributed by atoms with E-state index in [0.717, 1.165) is 32.4 Å². The number of piperidine rings is 1. The Morgan fingerprint density at radius 2 is 1.88 bits per heavy atom. The SMILES string of the molecule is CC(CC(=O)O)S(=O)CC(=O)N1CCCCC1. The van der Waals surface area contributed by atoms with Crippen molar-refractivity contribution in [2.24, 2.45) is 0 Å². The lowest BCUT2D eigenvalue weighted by atomic mass is 10.1. The van der Waals surface area contributed by atoms with Gasteiger partial charge in [-0.05, 0) is 19.3 Å². The number of nitrogens with zero attached hydrogens (tertiary/aromatic N) is 1. The summed E-state index contributed by atoms with van der Waals surface area (Å²) in [6.07, 6.45) is 2.99. The van der Waals surface area contributed by atoms with Crippen molar-refractivity contribution in [2.45, 2.75) is 37.9 Å². The van der Waals surface area contributed by atoms with Gasteiger partial charge < -0.3 is 10.0 Å². The Labute approximate surface area is 104 Å². The van der Waals surface area contributed by atoms with Crippen molar-refractivity contribution in [2.75, 3.05) is 18.8 Å². The molecule has 0 aromatic rings. The topological polar surface area (TPSA) is 74.7 Å². The zero-order chi connectivity index (χ0) is 12.8. The van der Waals surface area contributed by atoms with Crippen molar-refractivity contribution in [3.05, 3.63) is 0 Å². The molecule has 1 fully saturated rings. The van der Waals surface area contributed by atoms with E-state index in [1.807, 2.05) is 0 Å². The zero-order valence-electron chi connectivity index (χ0n) is 10.1. The number of carboxylic acid groups (broad SMARTS) is 1. The molecule has 5 nitrogen and oxygen atoms in total. The molecular weight excluding hydrogens is 242 g/mol. The lowest BCUT2D eigenvalue weighted by molar-refractivity contribution is -0.137. The first-order chi connectivity index (χ1) is 8.00. The van der Waals surface area contributed by atoms with E-state index in [1.165, 1.54) is 0 Å². The maximum absolute atomic E-state index is 11.8. The third-order valence-corrected chi connectivity index (χ3v) is 4.48. The Morgan fingerprint density at radius 1 is 1.29 bits per heavy atom. The Balaban J connectivity index is 2.39. The van der Waals surface area contributed by atoms with Crippen molar-refractivity contribution in [1.29, 1.82) is 0 Å². The highest BCUT2D eigenvalue weighted by molar-refractivity contribution is 7.86. The number of likely N-dealkylation sites (tertiary alicyclic amines) is 1. The van der Waals surface area contributed by atoms with Gasteiger partial charge in [-0.15, -0.1) is 0 Å². The van der Waals surface area contributed by atoms with Crippen LogP contribution in [0.3, 0.4) is 0 Å². The Hall–Kier alpha value is -0.910. The van der Waals surface area contributed by atoms with Crippen LogP contribution in [0, 0.1) is 0 Å². The second-order valence-corrected chi connectivity index (χ2v) is 6.23. The highest BCUT2D eigenvalue weighted by Gasteiger charge is 2.22. The molecule has 1 amide bonds. The van der Waals surface area contributed by atoms with Gasteiger partial charge in [-0.3, -0.25) is 13.8 Å². The third kappa shape index (κ3) is 4.85. The number of hydrogen-bond acceptors (Lipinski definition) is 3. The van der Waals surface area contributed by atoms with Crippen molar-refractivity contribution < 1.29 is 18.9 Å². The number of carboxylic acids is 1. The van der Waals surface area contributed by atoms with Crippen LogP contribution in [-0.4, -0.2) is 50.2 Å². The average Bonchev–Trinajstić information content (AvgIpc) is 2.29. The number of carbonyl (C=O) groups is 2. The number of hydrogen-bond donors (Lipinski definition) is 1. The minimum Gasteiger partial charge on any atom is -0.481 e. The van der Waals surface area contributed by atoms with Gasteiger partial charge in [0, 0.05) is 29.1 Å². The van der Waals surface area contributed by atoms with Crippen LogP contribution in [0.15, 0.2) is 0 Å². The third-order valence-electron chi connectivity index (χ3n) is 2.89. The molecule has 0 spiro atoms. The number of amides is 1. The summed E-state index contributed by atoms with van der Waals surface area (Å²) in [6, 6.07) is 0. The van der Waals surface area contributed by atoms with Gasteiger partial charge >= 0.3 is 5.97 Å². The molecule has 1 rings (SSSR count). The van der Waals surface area contributed by atoms with Crippen LogP contribution >= 0.6 is 0 Å². The monoisotopic (exact) mass is 261 g/mol. The van der Waals surface area contributed by atoms with Gasteiger partial charge in [-0.25, -0.2) is 0 Å². The lowest BCUT2D eigenvalue weighted by Gasteiger charge is -2.26. The predicted molar refractivity (Wildman–Crippen MR) is 65.2 cm³/mol. The van der Waals surface area contributed by atoms with E-state index < -0.39 is 22.0 Å². The molecule has 98 valence electrons. The molecule has 1 aliphatic heterocycles. The van der Waals surface area contributed by atoms with Gasteiger partial charge in [0.1, 0.15) is 5.75 Å². The van der Waals surface area contributed by atoms with Crippen LogP contribution < -0.4 is 0 Å².